The maximum atomic E-state index is 13.5. The molecular weight excluding hydrogens is 424 g/mol. The first-order valence-corrected chi connectivity index (χ1v) is 11.2. The number of nitrogens with one attached hydrogen (secondary N) is 1. The van der Waals surface area contributed by atoms with E-state index in [9.17, 15) is 18.0 Å². The summed E-state index contributed by atoms with van der Waals surface area (Å²) in [6.07, 6.45) is -1.24. The Morgan fingerprint density at radius 2 is 2.03 bits per heavy atom. The summed E-state index contributed by atoms with van der Waals surface area (Å²) >= 11 is 1.09. The molecule has 0 saturated carbocycles. The van der Waals surface area contributed by atoms with Crippen molar-refractivity contribution >= 4 is 31.0 Å². The Hall–Kier alpha value is -2.13. The molecule has 1 saturated heterocycles. The molecule has 1 N–H and O–H groups in total. The molecule has 0 spiro atoms. The van der Waals surface area contributed by atoms with Crippen LogP contribution in [0.5, 0.6) is 5.75 Å². The quantitative estimate of drug-likeness (QED) is 0.562. The molecule has 1 heterocycles. The maximum absolute atomic E-state index is 13.5. The van der Waals surface area contributed by atoms with Gasteiger partial charge in [0.1, 0.15) is 13.6 Å². The van der Waals surface area contributed by atoms with Crippen LogP contribution in [0.15, 0.2) is 41.3 Å². The smallest absolute Gasteiger partial charge is 0.416 e. The fourth-order valence-electron chi connectivity index (χ4n) is 4.20. The number of alkyl halides is 3. The lowest BCUT2D eigenvalue weighted by atomic mass is 9.79. The average Bonchev–Trinajstić information content (AvgIpc) is 2.71. The largest absolute Gasteiger partial charge is 0.496 e. The number of methoxy groups -OCH3 is 1. The van der Waals surface area contributed by atoms with Crippen molar-refractivity contribution in [3.63, 3.8) is 0 Å². The first kappa shape index (κ1) is 23.5. The monoisotopic (exact) mass is 450 g/mol. The standard InChI is InChI=1S/C22H26BF3N2O2S/c1-28-9-5-8-21(13-28,14-6-4-7-16(23)10-14)27-20(29)19-17(30-2)11-15(22(24,25)26)12-18(19)31-3/h4,6-7,10-12H,5,8-9,13,23H2,1-3H3,(H,27,29). The Morgan fingerprint density at radius 1 is 1.29 bits per heavy atom. The number of hydrogen-bond acceptors (Lipinski definition) is 4. The molecule has 2 aromatic carbocycles. The van der Waals surface area contributed by atoms with E-state index in [0.29, 0.717) is 6.54 Å². The maximum Gasteiger partial charge on any atom is 0.416 e. The SMILES string of the molecule is Bc1cccc(C2(NC(=O)c3c(OC)cc(C(F)(F)F)cc3SC)CCCN(C)C2)c1. The summed E-state index contributed by atoms with van der Waals surface area (Å²) < 4.78 is 45.2. The fourth-order valence-corrected chi connectivity index (χ4v) is 4.84. The first-order chi connectivity index (χ1) is 14.6. The van der Waals surface area contributed by atoms with E-state index in [-0.39, 0.29) is 16.2 Å². The van der Waals surface area contributed by atoms with E-state index >= 15 is 0 Å². The average molecular weight is 450 g/mol. The summed E-state index contributed by atoms with van der Waals surface area (Å²) in [4.78, 5) is 15.9. The van der Waals surface area contributed by atoms with E-state index < -0.39 is 23.2 Å². The number of likely N-dealkylation sites (N-methyl/N-ethyl adjacent to an activating group) is 1. The van der Waals surface area contributed by atoms with Gasteiger partial charge in [0.25, 0.3) is 5.91 Å². The molecular formula is C22H26BF3N2O2S. The number of halogens is 3. The van der Waals surface area contributed by atoms with Gasteiger partial charge < -0.3 is 15.0 Å². The van der Waals surface area contributed by atoms with Crippen molar-refractivity contribution in [2.45, 2.75) is 29.5 Å². The topological polar surface area (TPSA) is 41.6 Å². The minimum absolute atomic E-state index is 0.0831. The molecule has 31 heavy (non-hydrogen) atoms. The number of thioether (sulfide) groups is 1. The number of hydrogen-bond donors (Lipinski definition) is 1. The van der Waals surface area contributed by atoms with Crippen molar-refractivity contribution in [2.24, 2.45) is 0 Å². The number of likely N-dealkylation sites (tertiary alicyclic amines) is 1. The molecule has 9 heteroatoms. The predicted molar refractivity (Wildman–Crippen MR) is 120 cm³/mol. The van der Waals surface area contributed by atoms with Gasteiger partial charge in [0.05, 0.1) is 23.8 Å². The number of piperidine rings is 1. The second kappa shape index (κ2) is 9.16. The van der Waals surface area contributed by atoms with E-state index in [4.69, 9.17) is 4.74 Å². The molecule has 4 nitrogen and oxygen atoms in total. The lowest BCUT2D eigenvalue weighted by Gasteiger charge is -2.43. The number of ether oxygens (including phenoxy) is 1. The molecule has 3 rings (SSSR count). The highest BCUT2D eigenvalue weighted by Gasteiger charge is 2.39. The van der Waals surface area contributed by atoms with Crippen molar-refractivity contribution in [3.05, 3.63) is 53.1 Å². The molecule has 1 fully saturated rings. The van der Waals surface area contributed by atoms with Crippen LogP contribution in [0, 0.1) is 0 Å². The van der Waals surface area contributed by atoms with E-state index in [1.54, 1.807) is 6.26 Å². The van der Waals surface area contributed by atoms with Crippen LogP contribution < -0.4 is 15.5 Å². The minimum Gasteiger partial charge on any atom is -0.496 e. The molecule has 1 aliphatic rings. The van der Waals surface area contributed by atoms with Gasteiger partial charge in [-0.05, 0) is 50.4 Å². The molecule has 1 amide bonds. The lowest BCUT2D eigenvalue weighted by molar-refractivity contribution is -0.137. The summed E-state index contributed by atoms with van der Waals surface area (Å²) in [5, 5.41) is 3.18. The van der Waals surface area contributed by atoms with Crippen LogP contribution in [0.25, 0.3) is 0 Å². The Morgan fingerprint density at radius 3 is 2.61 bits per heavy atom. The zero-order chi connectivity index (χ0) is 22.8. The highest BCUT2D eigenvalue weighted by molar-refractivity contribution is 7.98. The van der Waals surface area contributed by atoms with E-state index in [1.165, 1.54) is 7.11 Å². The molecule has 0 radical (unpaired) electrons. The second-order valence-corrected chi connectivity index (χ2v) is 8.85. The van der Waals surface area contributed by atoms with E-state index in [2.05, 4.69) is 16.3 Å². The van der Waals surface area contributed by atoms with Crippen LogP contribution in [0.3, 0.4) is 0 Å². The zero-order valence-corrected chi connectivity index (χ0v) is 18.9. The van der Waals surface area contributed by atoms with Gasteiger partial charge in [-0.3, -0.25) is 4.79 Å². The van der Waals surface area contributed by atoms with Gasteiger partial charge in [0, 0.05) is 11.4 Å². The molecule has 1 atom stereocenters. The van der Waals surface area contributed by atoms with Gasteiger partial charge in [0.15, 0.2) is 0 Å². The van der Waals surface area contributed by atoms with Crippen LogP contribution in [0.1, 0.15) is 34.3 Å². The van der Waals surface area contributed by atoms with Crippen molar-refractivity contribution in [3.8, 4) is 5.75 Å². The van der Waals surface area contributed by atoms with Crippen LogP contribution in [-0.2, 0) is 11.7 Å². The van der Waals surface area contributed by atoms with Gasteiger partial charge in [0.2, 0.25) is 0 Å². The Bertz CT molecular complexity index is 945. The molecule has 0 bridgehead atoms. The van der Waals surface area contributed by atoms with Gasteiger partial charge in [-0.15, -0.1) is 11.8 Å². The summed E-state index contributed by atoms with van der Waals surface area (Å²) in [7, 11) is 5.28. The normalized spacial score (nSPS) is 19.8. The third kappa shape index (κ3) is 5.04. The molecule has 0 aromatic heterocycles. The first-order valence-electron chi connectivity index (χ1n) is 10.0. The fraction of sp³-hybridized carbons (Fsp3) is 0.409. The number of carbonyl (C=O) groups is 1. The number of nitrogens with zero attached hydrogens (tertiary/aromatic N) is 1. The number of rotatable bonds is 5. The highest BCUT2D eigenvalue weighted by atomic mass is 32.2. The Labute approximate surface area is 185 Å². The van der Waals surface area contributed by atoms with Crippen LogP contribution >= 0.6 is 11.8 Å². The van der Waals surface area contributed by atoms with E-state index in [0.717, 1.165) is 54.3 Å². The molecule has 1 aliphatic heterocycles. The predicted octanol–water partition coefficient (Wildman–Crippen LogP) is 3.05. The van der Waals surface area contributed by atoms with Crippen molar-refractivity contribution in [1.82, 2.24) is 10.2 Å². The number of carbonyl (C=O) groups excluding carboxylic acids is 1. The van der Waals surface area contributed by atoms with Gasteiger partial charge in [-0.25, -0.2) is 0 Å². The summed E-state index contributed by atoms with van der Waals surface area (Å²) in [6.45, 7) is 1.53. The summed E-state index contributed by atoms with van der Waals surface area (Å²) in [5.41, 5.74) is 0.721. The third-order valence-electron chi connectivity index (χ3n) is 5.67. The zero-order valence-electron chi connectivity index (χ0n) is 18.1. The van der Waals surface area contributed by atoms with Gasteiger partial charge in [-0.2, -0.15) is 13.2 Å². The lowest BCUT2D eigenvalue weighted by Crippen LogP contribution is -2.55. The second-order valence-electron chi connectivity index (χ2n) is 8.00. The van der Waals surface area contributed by atoms with Crippen molar-refractivity contribution < 1.29 is 22.7 Å². The Balaban J connectivity index is 2.06. The summed E-state index contributed by atoms with van der Waals surface area (Å²) in [5.74, 6) is -0.521. The third-order valence-corrected chi connectivity index (χ3v) is 6.43. The highest BCUT2D eigenvalue weighted by Crippen LogP contribution is 2.39. The summed E-state index contributed by atoms with van der Waals surface area (Å²) in [6, 6.07) is 9.90. The van der Waals surface area contributed by atoms with E-state index in [1.807, 2.05) is 33.1 Å². The van der Waals surface area contributed by atoms with Crippen LogP contribution in [-0.4, -0.2) is 52.2 Å². The van der Waals surface area contributed by atoms with Crippen molar-refractivity contribution in [2.75, 3.05) is 33.5 Å². The minimum atomic E-state index is -4.53. The molecule has 166 valence electrons. The number of benzene rings is 2. The van der Waals surface area contributed by atoms with Crippen LogP contribution in [0.2, 0.25) is 0 Å². The van der Waals surface area contributed by atoms with Crippen LogP contribution in [0.4, 0.5) is 13.2 Å². The van der Waals surface area contributed by atoms with Gasteiger partial charge in [-0.1, -0.05) is 29.7 Å². The molecule has 0 aliphatic carbocycles. The molecule has 2 aromatic rings. The molecule has 1 unspecified atom stereocenters. The number of amides is 1. The van der Waals surface area contributed by atoms with Crippen molar-refractivity contribution in [1.29, 1.82) is 0 Å². The Kier molecular flexibility index (Phi) is 6.96. The van der Waals surface area contributed by atoms with Gasteiger partial charge >= 0.3 is 6.18 Å².